The zero-order valence-corrected chi connectivity index (χ0v) is 12.0. The fourth-order valence-electron chi connectivity index (χ4n) is 1.42. The van der Waals surface area contributed by atoms with Crippen molar-refractivity contribution in [2.24, 2.45) is 0 Å². The summed E-state index contributed by atoms with van der Waals surface area (Å²) in [7, 11) is 1.61. The minimum absolute atomic E-state index is 0.418. The van der Waals surface area contributed by atoms with Gasteiger partial charge in [-0.1, -0.05) is 17.7 Å². The van der Waals surface area contributed by atoms with Crippen molar-refractivity contribution in [3.63, 3.8) is 0 Å². The van der Waals surface area contributed by atoms with Gasteiger partial charge in [0, 0.05) is 0 Å². The van der Waals surface area contributed by atoms with Crippen molar-refractivity contribution < 1.29 is 9.47 Å². The quantitative estimate of drug-likeness (QED) is 0.845. The number of rotatable bonds is 3. The molecule has 94 valence electrons. The highest BCUT2D eigenvalue weighted by atomic mass is 79.9. The standard InChI is InChI=1S/C13H11BrClNO2/c1-17-8-5-6-11(9(14)7-8)18-12-4-2-3-10(15)13(12)16/h2-7H,16H2,1H3. The van der Waals surface area contributed by atoms with Crippen LogP contribution in [0.2, 0.25) is 5.02 Å². The zero-order valence-electron chi connectivity index (χ0n) is 9.61. The van der Waals surface area contributed by atoms with Gasteiger partial charge >= 0.3 is 0 Å². The lowest BCUT2D eigenvalue weighted by atomic mass is 10.3. The van der Waals surface area contributed by atoms with Gasteiger partial charge in [-0.2, -0.15) is 0 Å². The molecule has 0 aromatic heterocycles. The Balaban J connectivity index is 2.31. The number of hydrogen-bond donors (Lipinski definition) is 1. The van der Waals surface area contributed by atoms with Gasteiger partial charge in [0.05, 0.1) is 22.3 Å². The summed E-state index contributed by atoms with van der Waals surface area (Å²) in [5, 5.41) is 0.470. The van der Waals surface area contributed by atoms with Crippen molar-refractivity contribution in [1.82, 2.24) is 0 Å². The van der Waals surface area contributed by atoms with Crippen LogP contribution >= 0.6 is 27.5 Å². The Bertz CT molecular complexity index is 575. The molecular formula is C13H11BrClNO2. The Hall–Kier alpha value is -1.39. The Morgan fingerprint density at radius 2 is 1.94 bits per heavy atom. The molecule has 2 aromatic carbocycles. The summed E-state index contributed by atoms with van der Waals surface area (Å²) in [5.41, 5.74) is 6.26. The summed E-state index contributed by atoms with van der Waals surface area (Å²) >= 11 is 9.34. The van der Waals surface area contributed by atoms with Crippen LogP contribution in [0, 0.1) is 0 Å². The van der Waals surface area contributed by atoms with E-state index in [9.17, 15) is 0 Å². The van der Waals surface area contributed by atoms with Crippen molar-refractivity contribution in [2.45, 2.75) is 0 Å². The summed E-state index contributed by atoms with van der Waals surface area (Å²) in [6, 6.07) is 10.7. The molecule has 5 heteroatoms. The molecular weight excluding hydrogens is 318 g/mol. The Labute approximate surface area is 119 Å². The lowest BCUT2D eigenvalue weighted by Gasteiger charge is -2.11. The summed E-state index contributed by atoms with van der Waals surface area (Å²) < 4.78 is 11.6. The summed E-state index contributed by atoms with van der Waals surface area (Å²) in [6.45, 7) is 0. The van der Waals surface area contributed by atoms with Crippen LogP contribution in [-0.4, -0.2) is 7.11 Å². The molecule has 0 spiro atoms. The summed E-state index contributed by atoms with van der Waals surface area (Å²) in [6.07, 6.45) is 0. The predicted octanol–water partition coefficient (Wildman–Crippen LogP) is 4.49. The highest BCUT2D eigenvalue weighted by Gasteiger charge is 2.08. The van der Waals surface area contributed by atoms with Crippen LogP contribution in [0.15, 0.2) is 40.9 Å². The number of nitrogens with two attached hydrogens (primary N) is 1. The van der Waals surface area contributed by atoms with E-state index < -0.39 is 0 Å². The molecule has 0 unspecified atom stereocenters. The van der Waals surface area contributed by atoms with Crippen LogP contribution in [0.5, 0.6) is 17.2 Å². The van der Waals surface area contributed by atoms with Gasteiger partial charge in [0.1, 0.15) is 11.5 Å². The van der Waals surface area contributed by atoms with Gasteiger partial charge in [0.15, 0.2) is 5.75 Å². The molecule has 2 N–H and O–H groups in total. The van der Waals surface area contributed by atoms with Crippen LogP contribution < -0.4 is 15.2 Å². The molecule has 18 heavy (non-hydrogen) atoms. The topological polar surface area (TPSA) is 44.5 Å². The maximum absolute atomic E-state index is 5.93. The molecule has 0 amide bonds. The number of anilines is 1. The Kier molecular flexibility index (Phi) is 3.99. The van der Waals surface area contributed by atoms with Crippen molar-refractivity contribution in [1.29, 1.82) is 0 Å². The molecule has 0 bridgehead atoms. The summed E-state index contributed by atoms with van der Waals surface area (Å²) in [4.78, 5) is 0. The molecule has 2 rings (SSSR count). The third kappa shape index (κ3) is 2.71. The SMILES string of the molecule is COc1ccc(Oc2cccc(Cl)c2N)c(Br)c1. The van der Waals surface area contributed by atoms with E-state index in [4.69, 9.17) is 26.8 Å². The van der Waals surface area contributed by atoms with E-state index in [0.717, 1.165) is 10.2 Å². The van der Waals surface area contributed by atoms with Gasteiger partial charge in [-0.05, 0) is 46.3 Å². The lowest BCUT2D eigenvalue weighted by molar-refractivity contribution is 0.412. The zero-order chi connectivity index (χ0) is 13.1. The minimum Gasteiger partial charge on any atom is -0.497 e. The Morgan fingerprint density at radius 1 is 1.17 bits per heavy atom. The van der Waals surface area contributed by atoms with Crippen molar-refractivity contribution in [2.75, 3.05) is 12.8 Å². The largest absolute Gasteiger partial charge is 0.497 e. The fraction of sp³-hybridized carbons (Fsp3) is 0.0769. The second-order valence-corrected chi connectivity index (χ2v) is 4.81. The van der Waals surface area contributed by atoms with Crippen LogP contribution in [0.4, 0.5) is 5.69 Å². The third-order valence-electron chi connectivity index (χ3n) is 2.37. The van der Waals surface area contributed by atoms with Crippen LogP contribution in [-0.2, 0) is 0 Å². The molecule has 0 aliphatic heterocycles. The molecule has 0 saturated heterocycles. The van der Waals surface area contributed by atoms with Crippen molar-refractivity contribution in [3.8, 4) is 17.2 Å². The maximum Gasteiger partial charge on any atom is 0.151 e. The molecule has 0 saturated carbocycles. The molecule has 2 aromatic rings. The first-order valence-electron chi connectivity index (χ1n) is 5.17. The average Bonchev–Trinajstić information content (AvgIpc) is 2.37. The molecule has 0 heterocycles. The molecule has 3 nitrogen and oxygen atoms in total. The first-order valence-corrected chi connectivity index (χ1v) is 6.34. The van der Waals surface area contributed by atoms with E-state index >= 15 is 0 Å². The lowest BCUT2D eigenvalue weighted by Crippen LogP contribution is -1.93. The smallest absolute Gasteiger partial charge is 0.151 e. The van der Waals surface area contributed by atoms with Crippen LogP contribution in [0.25, 0.3) is 0 Å². The van der Waals surface area contributed by atoms with Gasteiger partial charge < -0.3 is 15.2 Å². The first-order chi connectivity index (χ1) is 8.61. The maximum atomic E-state index is 5.93. The first kappa shape index (κ1) is 13.1. The molecule has 0 aliphatic rings. The molecule has 0 radical (unpaired) electrons. The predicted molar refractivity (Wildman–Crippen MR) is 76.6 cm³/mol. The van der Waals surface area contributed by atoms with Crippen LogP contribution in [0.1, 0.15) is 0 Å². The summed E-state index contributed by atoms with van der Waals surface area (Å²) in [5.74, 6) is 1.91. The van der Waals surface area contributed by atoms with Gasteiger partial charge in [-0.25, -0.2) is 0 Å². The monoisotopic (exact) mass is 327 g/mol. The third-order valence-corrected chi connectivity index (χ3v) is 3.32. The number of benzene rings is 2. The van der Waals surface area contributed by atoms with E-state index in [-0.39, 0.29) is 0 Å². The highest BCUT2D eigenvalue weighted by Crippen LogP contribution is 2.37. The van der Waals surface area contributed by atoms with E-state index in [0.29, 0.717) is 22.2 Å². The molecule has 0 atom stereocenters. The number of hydrogen-bond acceptors (Lipinski definition) is 3. The van der Waals surface area contributed by atoms with Gasteiger partial charge in [0.2, 0.25) is 0 Å². The van der Waals surface area contributed by atoms with Gasteiger partial charge in [-0.3, -0.25) is 0 Å². The Morgan fingerprint density at radius 3 is 2.61 bits per heavy atom. The van der Waals surface area contributed by atoms with Crippen molar-refractivity contribution >= 4 is 33.2 Å². The van der Waals surface area contributed by atoms with E-state index in [1.54, 1.807) is 37.4 Å². The average molecular weight is 329 g/mol. The number of nitrogen functional groups attached to an aromatic ring is 1. The second kappa shape index (κ2) is 5.50. The minimum atomic E-state index is 0.418. The second-order valence-electron chi connectivity index (χ2n) is 3.55. The number of halogens is 2. The van der Waals surface area contributed by atoms with Gasteiger partial charge in [-0.15, -0.1) is 0 Å². The van der Waals surface area contributed by atoms with Crippen molar-refractivity contribution in [3.05, 3.63) is 45.9 Å². The van der Waals surface area contributed by atoms with E-state index in [2.05, 4.69) is 15.9 Å². The number of methoxy groups -OCH3 is 1. The highest BCUT2D eigenvalue weighted by molar-refractivity contribution is 9.10. The number of ether oxygens (including phenoxy) is 2. The molecule has 0 aliphatic carbocycles. The molecule has 0 fully saturated rings. The number of para-hydroxylation sites is 1. The van der Waals surface area contributed by atoms with Crippen LogP contribution in [0.3, 0.4) is 0 Å². The van der Waals surface area contributed by atoms with E-state index in [1.165, 1.54) is 0 Å². The van der Waals surface area contributed by atoms with Gasteiger partial charge in [0.25, 0.3) is 0 Å². The van der Waals surface area contributed by atoms with E-state index in [1.807, 2.05) is 6.07 Å². The fourth-order valence-corrected chi connectivity index (χ4v) is 2.02. The normalized spacial score (nSPS) is 10.2.